The summed E-state index contributed by atoms with van der Waals surface area (Å²) >= 11 is 0. The molecule has 1 fully saturated rings. The average molecular weight is 377 g/mol. The molecule has 1 aliphatic heterocycles. The van der Waals surface area contributed by atoms with Crippen LogP contribution in [0.2, 0.25) is 0 Å². The monoisotopic (exact) mass is 377 g/mol. The average Bonchev–Trinajstić information content (AvgIpc) is 3.23. The predicted octanol–water partition coefficient (Wildman–Crippen LogP) is 2.77. The normalized spacial score (nSPS) is 19.3. The molecule has 1 unspecified atom stereocenters. The van der Waals surface area contributed by atoms with Crippen LogP contribution in [0.15, 0.2) is 18.5 Å². The van der Waals surface area contributed by atoms with Crippen LogP contribution < -0.4 is 15.4 Å². The Hall–Kier alpha value is -2.75. The van der Waals surface area contributed by atoms with E-state index in [1.54, 1.807) is 13.1 Å². The third kappa shape index (κ3) is 3.20. The molecule has 27 heavy (non-hydrogen) atoms. The number of alkyl halides is 2. The van der Waals surface area contributed by atoms with Crippen molar-refractivity contribution in [2.45, 2.75) is 32.2 Å². The number of nitrogens with zero attached hydrogens (tertiary/aromatic N) is 4. The van der Waals surface area contributed by atoms with Crippen LogP contribution in [0.3, 0.4) is 0 Å². The van der Waals surface area contributed by atoms with Gasteiger partial charge in [-0.15, -0.1) is 0 Å². The summed E-state index contributed by atoms with van der Waals surface area (Å²) in [4.78, 5) is 11.8. The molecule has 3 N–H and O–H groups in total. The Morgan fingerprint density at radius 1 is 1.41 bits per heavy atom. The number of ether oxygens (including phenoxy) is 1. The zero-order valence-electron chi connectivity index (χ0n) is 15.1. The lowest BCUT2D eigenvalue weighted by molar-refractivity contribution is -0.0751. The maximum Gasteiger partial charge on any atom is 0.272 e. The van der Waals surface area contributed by atoms with E-state index in [0.29, 0.717) is 42.0 Å². The number of nitrogens with one attached hydrogen (secondary N) is 3. The van der Waals surface area contributed by atoms with Crippen molar-refractivity contribution in [3.05, 3.63) is 24.2 Å². The fourth-order valence-corrected chi connectivity index (χ4v) is 3.27. The number of hydrogen-bond acceptors (Lipinski definition) is 6. The molecule has 1 saturated heterocycles. The van der Waals surface area contributed by atoms with Gasteiger partial charge in [0.1, 0.15) is 11.7 Å². The van der Waals surface area contributed by atoms with Gasteiger partial charge in [-0.3, -0.25) is 4.68 Å². The lowest BCUT2D eigenvalue weighted by atomic mass is 10.0. The molecule has 4 rings (SSSR count). The summed E-state index contributed by atoms with van der Waals surface area (Å²) in [6.07, 6.45) is 3.07. The Labute approximate surface area is 154 Å². The molecule has 10 heteroatoms. The van der Waals surface area contributed by atoms with Crippen LogP contribution in [-0.2, 0) is 0 Å². The van der Waals surface area contributed by atoms with Gasteiger partial charge >= 0.3 is 0 Å². The van der Waals surface area contributed by atoms with Crippen LogP contribution in [0.4, 0.5) is 20.4 Å². The highest BCUT2D eigenvalue weighted by Gasteiger charge is 2.44. The Kier molecular flexibility index (Phi) is 4.42. The van der Waals surface area contributed by atoms with Gasteiger partial charge in [-0.2, -0.15) is 15.1 Å². The molecule has 8 nitrogen and oxygen atoms in total. The van der Waals surface area contributed by atoms with Crippen molar-refractivity contribution in [2.24, 2.45) is 0 Å². The predicted molar refractivity (Wildman–Crippen MR) is 96.8 cm³/mol. The molecule has 3 aromatic rings. The lowest BCUT2D eigenvalue weighted by Crippen LogP contribution is -2.46. The first-order valence-electron chi connectivity index (χ1n) is 8.87. The molecule has 0 amide bonds. The summed E-state index contributed by atoms with van der Waals surface area (Å²) in [5.74, 6) is -2.04. The fourth-order valence-electron chi connectivity index (χ4n) is 3.27. The standard InChI is InChI=1S/C17H21F2N7O/c1-3-27-15-11-4-6-21-14(11)24-16(25-15)23-12-8-22-26(10(12)2)13-9-20-7-5-17(13,18)19/h4,6,8,13,20H,3,5,7,9H2,1-2H3,(H2,21,23,24,25). The van der Waals surface area contributed by atoms with E-state index in [4.69, 9.17) is 4.74 Å². The van der Waals surface area contributed by atoms with Crippen LogP contribution in [0.1, 0.15) is 25.1 Å². The second-order valence-corrected chi connectivity index (χ2v) is 6.47. The Bertz CT molecular complexity index is 952. The van der Waals surface area contributed by atoms with E-state index in [-0.39, 0.29) is 13.0 Å². The molecule has 0 saturated carbocycles. The molecule has 0 aromatic carbocycles. The van der Waals surface area contributed by atoms with Crippen molar-refractivity contribution < 1.29 is 13.5 Å². The van der Waals surface area contributed by atoms with Gasteiger partial charge in [0.05, 0.1) is 29.6 Å². The first-order chi connectivity index (χ1) is 13.0. The topological polar surface area (TPSA) is 92.7 Å². The fraction of sp³-hybridized carbons (Fsp3) is 0.471. The Morgan fingerprint density at radius 3 is 3.04 bits per heavy atom. The smallest absolute Gasteiger partial charge is 0.272 e. The Balaban J connectivity index is 1.64. The van der Waals surface area contributed by atoms with Gasteiger partial charge in [0.2, 0.25) is 11.8 Å². The van der Waals surface area contributed by atoms with Crippen LogP contribution >= 0.6 is 0 Å². The van der Waals surface area contributed by atoms with Gasteiger partial charge in [0.25, 0.3) is 5.92 Å². The highest BCUT2D eigenvalue weighted by atomic mass is 19.3. The molecular weight excluding hydrogens is 356 g/mol. The summed E-state index contributed by atoms with van der Waals surface area (Å²) in [5.41, 5.74) is 1.80. The molecular formula is C17H21F2N7O. The van der Waals surface area contributed by atoms with E-state index >= 15 is 0 Å². The van der Waals surface area contributed by atoms with E-state index in [9.17, 15) is 8.78 Å². The number of rotatable bonds is 5. The van der Waals surface area contributed by atoms with Crippen LogP contribution in [0.5, 0.6) is 5.88 Å². The summed E-state index contributed by atoms with van der Waals surface area (Å²) in [5, 5.41) is 11.0. The van der Waals surface area contributed by atoms with Gasteiger partial charge in [0.15, 0.2) is 0 Å². The lowest BCUT2D eigenvalue weighted by Gasteiger charge is -2.32. The quantitative estimate of drug-likeness (QED) is 0.633. The number of aromatic nitrogens is 5. The molecule has 0 bridgehead atoms. The number of anilines is 2. The molecule has 1 atom stereocenters. The van der Waals surface area contributed by atoms with Crippen molar-refractivity contribution in [2.75, 3.05) is 25.0 Å². The molecule has 144 valence electrons. The van der Waals surface area contributed by atoms with E-state index in [0.717, 1.165) is 5.39 Å². The largest absolute Gasteiger partial charge is 0.477 e. The summed E-state index contributed by atoms with van der Waals surface area (Å²) in [6, 6.07) is 0.818. The maximum atomic E-state index is 14.3. The van der Waals surface area contributed by atoms with Crippen molar-refractivity contribution in [3.8, 4) is 5.88 Å². The third-order valence-corrected chi connectivity index (χ3v) is 4.71. The van der Waals surface area contributed by atoms with Gasteiger partial charge in [0, 0.05) is 25.7 Å². The Morgan fingerprint density at radius 2 is 2.26 bits per heavy atom. The molecule has 1 aliphatic rings. The summed E-state index contributed by atoms with van der Waals surface area (Å²) < 4.78 is 35.5. The zero-order chi connectivity index (χ0) is 19.0. The first kappa shape index (κ1) is 17.7. The number of hydrogen-bond donors (Lipinski definition) is 3. The van der Waals surface area contributed by atoms with Crippen molar-refractivity contribution in [3.63, 3.8) is 0 Å². The van der Waals surface area contributed by atoms with Crippen molar-refractivity contribution in [1.82, 2.24) is 30.0 Å². The molecule has 0 radical (unpaired) electrons. The second-order valence-electron chi connectivity index (χ2n) is 6.47. The van der Waals surface area contributed by atoms with Crippen molar-refractivity contribution >= 4 is 22.7 Å². The van der Waals surface area contributed by atoms with Crippen LogP contribution in [0, 0.1) is 6.92 Å². The number of halogens is 2. The van der Waals surface area contributed by atoms with E-state index in [1.807, 2.05) is 13.0 Å². The minimum absolute atomic E-state index is 0.175. The summed E-state index contributed by atoms with van der Waals surface area (Å²) in [7, 11) is 0. The minimum Gasteiger partial charge on any atom is -0.477 e. The number of aromatic amines is 1. The van der Waals surface area contributed by atoms with Gasteiger partial charge in [-0.1, -0.05) is 0 Å². The second kappa shape index (κ2) is 6.76. The highest BCUT2D eigenvalue weighted by Crippen LogP contribution is 2.36. The van der Waals surface area contributed by atoms with Crippen LogP contribution in [-0.4, -0.2) is 50.4 Å². The van der Waals surface area contributed by atoms with E-state index in [2.05, 4.69) is 30.7 Å². The van der Waals surface area contributed by atoms with Crippen molar-refractivity contribution in [1.29, 1.82) is 0 Å². The van der Waals surface area contributed by atoms with Gasteiger partial charge < -0.3 is 20.4 Å². The molecule has 0 spiro atoms. The maximum absolute atomic E-state index is 14.3. The van der Waals surface area contributed by atoms with Gasteiger partial charge in [-0.05, 0) is 19.9 Å². The number of H-pyrrole nitrogens is 1. The van der Waals surface area contributed by atoms with E-state index < -0.39 is 12.0 Å². The third-order valence-electron chi connectivity index (χ3n) is 4.71. The van der Waals surface area contributed by atoms with Gasteiger partial charge in [-0.25, -0.2) is 8.78 Å². The van der Waals surface area contributed by atoms with Crippen LogP contribution in [0.25, 0.3) is 11.0 Å². The highest BCUT2D eigenvalue weighted by molar-refractivity contribution is 5.82. The number of piperidine rings is 1. The SMILES string of the molecule is CCOc1nc(Nc2cnn(C3CNCCC3(F)F)c2C)nc2[nH]ccc12. The zero-order valence-corrected chi connectivity index (χ0v) is 15.1. The summed E-state index contributed by atoms with van der Waals surface area (Å²) in [6.45, 7) is 4.57. The van der Waals surface area contributed by atoms with E-state index in [1.165, 1.54) is 10.9 Å². The number of fused-ring (bicyclic) bond motifs is 1. The molecule has 4 heterocycles. The first-order valence-corrected chi connectivity index (χ1v) is 8.87. The molecule has 3 aromatic heterocycles. The molecule has 0 aliphatic carbocycles. The minimum atomic E-state index is -2.80.